The first-order valence-electron chi connectivity index (χ1n) is 13.6. The Morgan fingerprint density at radius 3 is 2.36 bits per heavy atom. The Bertz CT molecular complexity index is 743. The van der Waals surface area contributed by atoms with Crippen molar-refractivity contribution < 1.29 is 14.3 Å². The van der Waals surface area contributed by atoms with E-state index < -0.39 is 0 Å². The summed E-state index contributed by atoms with van der Waals surface area (Å²) in [5.41, 5.74) is 3.63. The molecule has 2 heterocycles. The van der Waals surface area contributed by atoms with E-state index in [1.165, 1.54) is 12.8 Å². The maximum Gasteiger partial charge on any atom is 0.410 e. The molecule has 5 aliphatic rings. The number of carbonyl (C=O) groups is 2. The van der Waals surface area contributed by atoms with Crippen LogP contribution in [-0.4, -0.2) is 76.7 Å². The van der Waals surface area contributed by atoms with Gasteiger partial charge in [-0.05, 0) is 82.0 Å². The number of hydrogen-bond donors (Lipinski definition) is 1. The summed E-state index contributed by atoms with van der Waals surface area (Å²) in [6.07, 6.45) is 8.87. The van der Waals surface area contributed by atoms with E-state index in [1.807, 2.05) is 4.90 Å². The van der Waals surface area contributed by atoms with Crippen molar-refractivity contribution in [3.05, 3.63) is 0 Å². The van der Waals surface area contributed by atoms with Crippen molar-refractivity contribution in [2.24, 2.45) is 23.7 Å². The molecule has 0 bridgehead atoms. The van der Waals surface area contributed by atoms with Crippen LogP contribution in [0.5, 0.6) is 0 Å². The van der Waals surface area contributed by atoms with Gasteiger partial charge in [-0.2, -0.15) is 0 Å². The molecule has 5 fully saturated rings. The van der Waals surface area contributed by atoms with Gasteiger partial charge in [0.15, 0.2) is 0 Å². The van der Waals surface area contributed by atoms with Crippen molar-refractivity contribution >= 4 is 12.0 Å². The van der Waals surface area contributed by atoms with Gasteiger partial charge in [0.2, 0.25) is 5.91 Å². The zero-order chi connectivity index (χ0) is 23.3. The predicted octanol–water partition coefficient (Wildman–Crippen LogP) is 3.64. The number of nitrogens with one attached hydrogen (secondary N) is 1. The number of ether oxygens (including phenoxy) is 1. The Morgan fingerprint density at radius 2 is 1.67 bits per heavy atom. The largest absolute Gasteiger partial charge is 0.446 e. The standard InChI is InChI=1S/C26H44N4O3/c1-16-5-10-25(17(2)11-16)33-26(32)28-14-18(3)30(19(4)31)23-9-6-20(12-24(23)28)21-13-27-29(15-21)22-7-8-22/h16-18,20-25,27H,5-15H2,1-4H3/t16?,17?,18-,20?,21?,23?,24?,25?/m0/s1. The second kappa shape index (κ2) is 9.37. The van der Waals surface area contributed by atoms with Gasteiger partial charge in [0, 0.05) is 38.6 Å². The van der Waals surface area contributed by atoms with Crippen LogP contribution in [0.25, 0.3) is 0 Å². The molecule has 3 saturated carbocycles. The van der Waals surface area contributed by atoms with Crippen LogP contribution in [0.4, 0.5) is 4.79 Å². The fraction of sp³-hybridized carbons (Fsp3) is 0.923. The highest BCUT2D eigenvalue weighted by Gasteiger charge is 2.49. The van der Waals surface area contributed by atoms with Gasteiger partial charge in [0.05, 0.1) is 12.1 Å². The minimum Gasteiger partial charge on any atom is -0.446 e. The maximum absolute atomic E-state index is 13.5. The first-order valence-corrected chi connectivity index (χ1v) is 13.6. The smallest absolute Gasteiger partial charge is 0.410 e. The first-order chi connectivity index (χ1) is 15.8. The van der Waals surface area contributed by atoms with Crippen molar-refractivity contribution in [2.45, 2.75) is 109 Å². The molecule has 8 atom stereocenters. The molecule has 0 radical (unpaired) electrons. The van der Waals surface area contributed by atoms with E-state index in [0.29, 0.717) is 30.2 Å². The fourth-order valence-corrected chi connectivity index (χ4v) is 7.44. The number of hydrazine groups is 1. The lowest BCUT2D eigenvalue weighted by Gasteiger charge is -2.54. The number of carbonyl (C=O) groups excluding carboxylic acids is 2. The van der Waals surface area contributed by atoms with Gasteiger partial charge in [-0.15, -0.1) is 0 Å². The van der Waals surface area contributed by atoms with Crippen LogP contribution in [0.2, 0.25) is 0 Å². The van der Waals surface area contributed by atoms with Crippen LogP contribution in [0.3, 0.4) is 0 Å². The summed E-state index contributed by atoms with van der Waals surface area (Å²) in [6, 6.07) is 0.966. The zero-order valence-electron chi connectivity index (χ0n) is 21.0. The number of rotatable bonds is 3. The molecule has 2 aliphatic heterocycles. The average Bonchev–Trinajstić information content (AvgIpc) is 3.51. The quantitative estimate of drug-likeness (QED) is 0.697. The average molecular weight is 461 g/mol. The van der Waals surface area contributed by atoms with Crippen LogP contribution >= 0.6 is 0 Å². The van der Waals surface area contributed by atoms with Crippen LogP contribution in [0.15, 0.2) is 0 Å². The summed E-state index contributed by atoms with van der Waals surface area (Å²) in [7, 11) is 0. The third-order valence-electron chi connectivity index (χ3n) is 9.36. The minimum atomic E-state index is -0.142. The van der Waals surface area contributed by atoms with Crippen LogP contribution in [0, 0.1) is 23.7 Å². The topological polar surface area (TPSA) is 65.1 Å². The van der Waals surface area contributed by atoms with E-state index in [-0.39, 0.29) is 36.2 Å². The van der Waals surface area contributed by atoms with Crippen molar-refractivity contribution in [3.8, 4) is 0 Å². The molecule has 2 amide bonds. The minimum absolute atomic E-state index is 0.0267. The SMILES string of the molecule is CC(=O)N1C2CCC(C3CNN(C4CC4)C3)CC2N(C(=O)OC2CCC(C)CC2C)C[C@@H]1C. The molecule has 7 unspecified atom stereocenters. The number of hydrogen-bond acceptors (Lipinski definition) is 5. The number of amides is 2. The molecular weight excluding hydrogens is 416 g/mol. The Hall–Kier alpha value is -1.34. The molecule has 5 rings (SSSR count). The molecule has 0 aromatic heterocycles. The van der Waals surface area contributed by atoms with E-state index in [4.69, 9.17) is 4.74 Å². The fourth-order valence-electron chi connectivity index (χ4n) is 7.44. The van der Waals surface area contributed by atoms with Gasteiger partial charge in [-0.1, -0.05) is 13.8 Å². The van der Waals surface area contributed by atoms with Crippen LogP contribution in [0.1, 0.15) is 79.1 Å². The molecule has 0 aromatic rings. The number of nitrogens with zero attached hydrogens (tertiary/aromatic N) is 3. The summed E-state index contributed by atoms with van der Waals surface area (Å²) < 4.78 is 6.16. The third kappa shape index (κ3) is 4.77. The monoisotopic (exact) mass is 460 g/mol. The summed E-state index contributed by atoms with van der Waals surface area (Å²) >= 11 is 0. The molecule has 3 aliphatic carbocycles. The highest BCUT2D eigenvalue weighted by atomic mass is 16.6. The van der Waals surface area contributed by atoms with Gasteiger partial charge < -0.3 is 14.5 Å². The second-order valence-corrected chi connectivity index (χ2v) is 12.0. The van der Waals surface area contributed by atoms with E-state index in [0.717, 1.165) is 57.7 Å². The second-order valence-electron chi connectivity index (χ2n) is 12.0. The molecule has 0 aromatic carbocycles. The van der Waals surface area contributed by atoms with E-state index in [2.05, 4.69) is 36.1 Å². The predicted molar refractivity (Wildman–Crippen MR) is 127 cm³/mol. The molecule has 186 valence electrons. The van der Waals surface area contributed by atoms with E-state index in [9.17, 15) is 9.59 Å². The maximum atomic E-state index is 13.5. The Balaban J connectivity index is 1.29. The highest BCUT2D eigenvalue weighted by molar-refractivity contribution is 5.75. The summed E-state index contributed by atoms with van der Waals surface area (Å²) in [4.78, 5) is 30.2. The third-order valence-corrected chi connectivity index (χ3v) is 9.36. The lowest BCUT2D eigenvalue weighted by atomic mass is 9.73. The molecule has 0 spiro atoms. The Kier molecular flexibility index (Phi) is 6.64. The summed E-state index contributed by atoms with van der Waals surface area (Å²) in [5.74, 6) is 2.50. The highest BCUT2D eigenvalue weighted by Crippen LogP contribution is 2.41. The van der Waals surface area contributed by atoms with Crippen molar-refractivity contribution in [1.82, 2.24) is 20.2 Å². The zero-order valence-corrected chi connectivity index (χ0v) is 21.0. The van der Waals surface area contributed by atoms with Gasteiger partial charge >= 0.3 is 6.09 Å². The Labute approximate surface area is 199 Å². The first kappa shape index (κ1) is 23.4. The lowest BCUT2D eigenvalue weighted by molar-refractivity contribution is -0.143. The normalized spacial score (nSPS) is 42.2. The van der Waals surface area contributed by atoms with Gasteiger partial charge in [-0.25, -0.2) is 9.80 Å². The van der Waals surface area contributed by atoms with Gasteiger partial charge in [0.25, 0.3) is 0 Å². The van der Waals surface area contributed by atoms with Gasteiger partial charge in [-0.3, -0.25) is 10.2 Å². The van der Waals surface area contributed by atoms with E-state index >= 15 is 0 Å². The van der Waals surface area contributed by atoms with Crippen molar-refractivity contribution in [1.29, 1.82) is 0 Å². The number of fused-ring (bicyclic) bond motifs is 1. The van der Waals surface area contributed by atoms with Gasteiger partial charge in [0.1, 0.15) is 6.10 Å². The Morgan fingerprint density at radius 1 is 0.879 bits per heavy atom. The molecular formula is C26H44N4O3. The molecule has 7 nitrogen and oxygen atoms in total. The summed E-state index contributed by atoms with van der Waals surface area (Å²) in [5, 5.41) is 2.46. The molecule has 7 heteroatoms. The van der Waals surface area contributed by atoms with Crippen molar-refractivity contribution in [3.63, 3.8) is 0 Å². The molecule has 2 saturated heterocycles. The van der Waals surface area contributed by atoms with E-state index in [1.54, 1.807) is 6.92 Å². The molecule has 33 heavy (non-hydrogen) atoms. The van der Waals surface area contributed by atoms with Crippen molar-refractivity contribution in [2.75, 3.05) is 19.6 Å². The lowest BCUT2D eigenvalue weighted by Crippen LogP contribution is -2.67. The number of piperazine rings is 1. The van der Waals surface area contributed by atoms with Crippen LogP contribution in [-0.2, 0) is 9.53 Å². The molecule has 1 N–H and O–H groups in total. The summed E-state index contributed by atoms with van der Waals surface area (Å²) in [6.45, 7) is 11.1. The van der Waals surface area contributed by atoms with Crippen LogP contribution < -0.4 is 5.43 Å².